The number of sulfonamides is 1. The van der Waals surface area contributed by atoms with Gasteiger partial charge in [-0.2, -0.15) is 0 Å². The molecule has 0 bridgehead atoms. The third-order valence-corrected chi connectivity index (χ3v) is 6.12. The van der Waals surface area contributed by atoms with E-state index in [0.717, 1.165) is 41.8 Å². The molecule has 4 N–H and O–H groups in total. The molecule has 0 unspecified atom stereocenters. The molecule has 0 aliphatic heterocycles. The number of primary sulfonamides is 1. The van der Waals surface area contributed by atoms with Gasteiger partial charge in [-0.15, -0.1) is 0 Å². The third-order valence-electron chi connectivity index (χ3n) is 5.15. The van der Waals surface area contributed by atoms with E-state index in [1.54, 1.807) is 6.07 Å². The van der Waals surface area contributed by atoms with E-state index in [4.69, 9.17) is 5.14 Å². The van der Waals surface area contributed by atoms with Gasteiger partial charge in [-0.05, 0) is 40.8 Å². The van der Waals surface area contributed by atoms with Gasteiger partial charge in [-0.3, -0.25) is 0 Å². The van der Waals surface area contributed by atoms with Crippen molar-refractivity contribution in [1.29, 1.82) is 0 Å². The van der Waals surface area contributed by atoms with Crippen molar-refractivity contribution in [3.63, 3.8) is 0 Å². The van der Waals surface area contributed by atoms with E-state index in [2.05, 4.69) is 29.7 Å². The first-order chi connectivity index (χ1) is 15.0. The molecule has 0 saturated carbocycles. The van der Waals surface area contributed by atoms with Crippen LogP contribution in [0.2, 0.25) is 0 Å². The molecular formula is C25H31N3O2S. The zero-order valence-corrected chi connectivity index (χ0v) is 18.8. The maximum absolute atomic E-state index is 12.5. The summed E-state index contributed by atoms with van der Waals surface area (Å²) in [5.41, 5.74) is 4.66. The van der Waals surface area contributed by atoms with Crippen LogP contribution in [-0.2, 0) is 29.5 Å². The molecule has 31 heavy (non-hydrogen) atoms. The Kier molecular flexibility index (Phi) is 8.23. The van der Waals surface area contributed by atoms with Gasteiger partial charge < -0.3 is 10.6 Å². The first-order valence-corrected chi connectivity index (χ1v) is 12.2. The normalized spacial score (nSPS) is 11.4. The lowest BCUT2D eigenvalue weighted by molar-refractivity contribution is 0.596. The van der Waals surface area contributed by atoms with Crippen molar-refractivity contribution < 1.29 is 8.42 Å². The summed E-state index contributed by atoms with van der Waals surface area (Å²) in [6.07, 6.45) is 2.56. The number of anilines is 1. The van der Waals surface area contributed by atoms with Gasteiger partial charge in [0.1, 0.15) is 0 Å². The fourth-order valence-corrected chi connectivity index (χ4v) is 4.39. The molecule has 0 heterocycles. The van der Waals surface area contributed by atoms with Crippen LogP contribution in [0.3, 0.4) is 0 Å². The van der Waals surface area contributed by atoms with Gasteiger partial charge in [0.2, 0.25) is 10.0 Å². The maximum Gasteiger partial charge on any atom is 0.238 e. The van der Waals surface area contributed by atoms with E-state index in [-0.39, 0.29) is 4.90 Å². The van der Waals surface area contributed by atoms with Crippen LogP contribution in [0.25, 0.3) is 0 Å². The summed E-state index contributed by atoms with van der Waals surface area (Å²) in [5, 5.41) is 12.5. The smallest absolute Gasteiger partial charge is 0.238 e. The highest BCUT2D eigenvalue weighted by Crippen LogP contribution is 2.29. The average Bonchev–Trinajstić information content (AvgIpc) is 2.76. The van der Waals surface area contributed by atoms with Crippen LogP contribution in [-0.4, -0.2) is 15.0 Å². The van der Waals surface area contributed by atoms with Crippen molar-refractivity contribution in [2.24, 2.45) is 5.14 Å². The van der Waals surface area contributed by atoms with Gasteiger partial charge in [-0.25, -0.2) is 13.6 Å². The van der Waals surface area contributed by atoms with Crippen LogP contribution in [0.15, 0.2) is 77.7 Å². The lowest BCUT2D eigenvalue weighted by Crippen LogP contribution is -2.19. The number of unbranched alkanes of at least 4 members (excludes halogenated alkanes) is 1. The van der Waals surface area contributed by atoms with E-state index >= 15 is 0 Å². The van der Waals surface area contributed by atoms with E-state index in [1.165, 1.54) is 5.56 Å². The van der Waals surface area contributed by atoms with E-state index in [1.807, 2.05) is 54.6 Å². The molecule has 3 aromatic carbocycles. The summed E-state index contributed by atoms with van der Waals surface area (Å²) in [5.74, 6) is 0. The highest BCUT2D eigenvalue weighted by Gasteiger charge is 2.19. The summed E-state index contributed by atoms with van der Waals surface area (Å²) in [7, 11) is -3.87. The third kappa shape index (κ3) is 6.92. The molecule has 0 atom stereocenters. The van der Waals surface area contributed by atoms with Crippen LogP contribution in [0.5, 0.6) is 0 Å². The molecule has 0 saturated heterocycles. The number of nitrogens with one attached hydrogen (secondary N) is 2. The highest BCUT2D eigenvalue weighted by molar-refractivity contribution is 7.89. The summed E-state index contributed by atoms with van der Waals surface area (Å²) in [6.45, 7) is 4.16. The molecule has 0 aliphatic carbocycles. The molecule has 0 radical (unpaired) electrons. The molecule has 0 fully saturated rings. The predicted molar refractivity (Wildman–Crippen MR) is 127 cm³/mol. The van der Waals surface area contributed by atoms with Crippen LogP contribution in [0.1, 0.15) is 42.0 Å². The quantitative estimate of drug-likeness (QED) is 0.388. The second kappa shape index (κ2) is 11.1. The Balaban J connectivity index is 1.91. The minimum atomic E-state index is -3.87. The van der Waals surface area contributed by atoms with E-state index in [9.17, 15) is 8.42 Å². The summed E-state index contributed by atoms with van der Waals surface area (Å²) >= 11 is 0. The average molecular weight is 438 g/mol. The van der Waals surface area contributed by atoms with Gasteiger partial charge in [-0.1, -0.05) is 74.0 Å². The molecule has 3 aromatic rings. The lowest BCUT2D eigenvalue weighted by Gasteiger charge is -2.18. The Morgan fingerprint density at radius 2 is 1.45 bits per heavy atom. The summed E-state index contributed by atoms with van der Waals surface area (Å²) in [6, 6.07) is 23.7. The van der Waals surface area contributed by atoms with Gasteiger partial charge in [0.25, 0.3) is 0 Å². The van der Waals surface area contributed by atoms with Gasteiger partial charge >= 0.3 is 0 Å². The fraction of sp³-hybridized carbons (Fsp3) is 0.280. The molecule has 3 rings (SSSR count). The second-order valence-corrected chi connectivity index (χ2v) is 9.23. The molecule has 5 nitrogen and oxygen atoms in total. The zero-order valence-electron chi connectivity index (χ0n) is 18.0. The number of benzene rings is 3. The Morgan fingerprint density at radius 3 is 2.06 bits per heavy atom. The Labute approximate surface area is 185 Å². The maximum atomic E-state index is 12.5. The molecule has 0 aliphatic rings. The van der Waals surface area contributed by atoms with Crippen molar-refractivity contribution in [3.05, 3.63) is 95.1 Å². The van der Waals surface area contributed by atoms with Crippen molar-refractivity contribution in [1.82, 2.24) is 5.32 Å². The molecule has 164 valence electrons. The number of hydrogen-bond donors (Lipinski definition) is 3. The van der Waals surface area contributed by atoms with Crippen molar-refractivity contribution >= 4 is 15.7 Å². The van der Waals surface area contributed by atoms with Crippen molar-refractivity contribution in [3.8, 4) is 0 Å². The van der Waals surface area contributed by atoms with Crippen molar-refractivity contribution in [2.45, 2.75) is 44.2 Å². The highest BCUT2D eigenvalue weighted by atomic mass is 32.2. The van der Waals surface area contributed by atoms with Crippen molar-refractivity contribution in [2.75, 3.05) is 11.9 Å². The number of nitrogens with two attached hydrogens (primary N) is 1. The SMILES string of the molecule is CCCCNc1cc(CNCc2ccccc2)cc(S(N)(=O)=O)c1Cc1ccccc1. The van der Waals surface area contributed by atoms with E-state index < -0.39 is 10.0 Å². The zero-order chi connectivity index (χ0) is 22.1. The minimum absolute atomic E-state index is 0.189. The monoisotopic (exact) mass is 437 g/mol. The molecule has 6 heteroatoms. The lowest BCUT2D eigenvalue weighted by atomic mass is 10.0. The molecular weight excluding hydrogens is 406 g/mol. The molecule has 0 spiro atoms. The first kappa shape index (κ1) is 23.0. The molecule has 0 aromatic heterocycles. The Morgan fingerprint density at radius 1 is 0.839 bits per heavy atom. The van der Waals surface area contributed by atoms with Gasteiger partial charge in [0, 0.05) is 31.7 Å². The van der Waals surface area contributed by atoms with Crippen LogP contribution < -0.4 is 15.8 Å². The number of hydrogen-bond acceptors (Lipinski definition) is 4. The van der Waals surface area contributed by atoms with E-state index in [0.29, 0.717) is 19.5 Å². The Hall–Kier alpha value is -2.67. The Bertz CT molecular complexity index is 1070. The molecule has 0 amide bonds. The first-order valence-electron chi connectivity index (χ1n) is 10.7. The minimum Gasteiger partial charge on any atom is -0.385 e. The second-order valence-electron chi connectivity index (χ2n) is 7.70. The fourth-order valence-electron chi connectivity index (χ4n) is 3.55. The summed E-state index contributed by atoms with van der Waals surface area (Å²) in [4.78, 5) is 0.189. The van der Waals surface area contributed by atoms with Crippen LogP contribution in [0, 0.1) is 0 Å². The van der Waals surface area contributed by atoms with Crippen LogP contribution >= 0.6 is 0 Å². The largest absolute Gasteiger partial charge is 0.385 e. The number of rotatable bonds is 11. The topological polar surface area (TPSA) is 84.2 Å². The van der Waals surface area contributed by atoms with Crippen LogP contribution in [0.4, 0.5) is 5.69 Å². The standard InChI is InChI=1S/C25H31N3O2S/c1-2-3-14-28-24-16-22(19-27-18-21-12-8-5-9-13-21)17-25(31(26,29)30)23(24)15-20-10-6-4-7-11-20/h4-13,16-17,27-28H,2-3,14-15,18-19H2,1H3,(H2,26,29,30). The van der Waals surface area contributed by atoms with Gasteiger partial charge in [0.05, 0.1) is 4.90 Å². The summed E-state index contributed by atoms with van der Waals surface area (Å²) < 4.78 is 25.0. The predicted octanol–water partition coefficient (Wildman–Crippen LogP) is 4.43. The van der Waals surface area contributed by atoms with Gasteiger partial charge in [0.15, 0.2) is 0 Å².